The standard InChI is InChI=1S/C16H13Cl2N/c17-16(18)11-15(16,13-7-3-1-4-8-13)12-19-14-9-5-2-6-10-14/h1-10,12H,11H2. The van der Waals surface area contributed by atoms with Gasteiger partial charge in [-0.25, -0.2) is 0 Å². The van der Waals surface area contributed by atoms with E-state index in [1.807, 2.05) is 66.9 Å². The van der Waals surface area contributed by atoms with Gasteiger partial charge in [0.2, 0.25) is 0 Å². The van der Waals surface area contributed by atoms with Crippen LogP contribution >= 0.6 is 23.2 Å². The highest BCUT2D eigenvalue weighted by molar-refractivity contribution is 6.53. The first kappa shape index (κ1) is 12.7. The third-order valence-electron chi connectivity index (χ3n) is 3.51. The average Bonchev–Trinajstić information content (AvgIpc) is 3.02. The third-order valence-corrected chi connectivity index (χ3v) is 4.45. The molecular formula is C16H13Cl2N. The molecule has 1 atom stereocenters. The van der Waals surface area contributed by atoms with E-state index >= 15 is 0 Å². The van der Waals surface area contributed by atoms with E-state index in [-0.39, 0.29) is 5.41 Å². The summed E-state index contributed by atoms with van der Waals surface area (Å²) in [4.78, 5) is 4.52. The van der Waals surface area contributed by atoms with E-state index in [9.17, 15) is 0 Å². The Kier molecular flexibility index (Phi) is 3.12. The van der Waals surface area contributed by atoms with Gasteiger partial charge in [-0.2, -0.15) is 0 Å². The number of hydrogen-bond acceptors (Lipinski definition) is 1. The van der Waals surface area contributed by atoms with E-state index in [1.165, 1.54) is 0 Å². The number of para-hydroxylation sites is 1. The molecule has 0 bridgehead atoms. The smallest absolute Gasteiger partial charge is 0.134 e. The minimum Gasteiger partial charge on any atom is -0.260 e. The Hall–Kier alpha value is -1.31. The lowest BCUT2D eigenvalue weighted by molar-refractivity contribution is 0.954. The molecule has 2 aromatic carbocycles. The SMILES string of the molecule is ClC1(Cl)CC1(C=Nc1ccccc1)c1ccccc1. The van der Waals surface area contributed by atoms with Crippen LogP contribution in [0.2, 0.25) is 0 Å². The highest BCUT2D eigenvalue weighted by Gasteiger charge is 2.66. The molecule has 1 nitrogen and oxygen atoms in total. The van der Waals surface area contributed by atoms with E-state index in [1.54, 1.807) is 0 Å². The van der Waals surface area contributed by atoms with Crippen molar-refractivity contribution in [3.63, 3.8) is 0 Å². The summed E-state index contributed by atoms with van der Waals surface area (Å²) in [6.45, 7) is 0. The Morgan fingerprint density at radius 3 is 1.95 bits per heavy atom. The van der Waals surface area contributed by atoms with Crippen LogP contribution in [0.4, 0.5) is 5.69 Å². The number of alkyl halides is 2. The van der Waals surface area contributed by atoms with Crippen molar-refractivity contribution in [3.8, 4) is 0 Å². The van der Waals surface area contributed by atoms with Crippen LogP contribution < -0.4 is 0 Å². The maximum absolute atomic E-state index is 6.34. The van der Waals surface area contributed by atoms with Gasteiger partial charge in [0.15, 0.2) is 0 Å². The molecule has 1 fully saturated rings. The van der Waals surface area contributed by atoms with Gasteiger partial charge in [0, 0.05) is 6.21 Å². The lowest BCUT2D eigenvalue weighted by Crippen LogP contribution is -2.16. The van der Waals surface area contributed by atoms with Gasteiger partial charge < -0.3 is 0 Å². The van der Waals surface area contributed by atoms with Crippen molar-refractivity contribution in [2.24, 2.45) is 4.99 Å². The first-order valence-electron chi connectivity index (χ1n) is 6.18. The number of rotatable bonds is 3. The zero-order chi connectivity index (χ0) is 13.3. The minimum atomic E-state index is -0.757. The van der Waals surface area contributed by atoms with Gasteiger partial charge in [-0.1, -0.05) is 48.5 Å². The highest BCUT2D eigenvalue weighted by Crippen LogP contribution is 2.63. The summed E-state index contributed by atoms with van der Waals surface area (Å²) in [5.74, 6) is 0. The van der Waals surface area contributed by atoms with Crippen molar-refractivity contribution < 1.29 is 0 Å². The Morgan fingerprint density at radius 1 is 0.895 bits per heavy atom. The van der Waals surface area contributed by atoms with Crippen molar-refractivity contribution in [2.45, 2.75) is 16.2 Å². The number of benzene rings is 2. The zero-order valence-electron chi connectivity index (χ0n) is 10.3. The second-order valence-corrected chi connectivity index (χ2v) is 6.30. The molecule has 0 N–H and O–H groups in total. The van der Waals surface area contributed by atoms with E-state index in [4.69, 9.17) is 23.2 Å². The lowest BCUT2D eigenvalue weighted by atomic mass is 9.97. The second-order valence-electron chi connectivity index (χ2n) is 4.81. The van der Waals surface area contributed by atoms with E-state index < -0.39 is 4.33 Å². The Morgan fingerprint density at radius 2 is 1.42 bits per heavy atom. The van der Waals surface area contributed by atoms with Gasteiger partial charge in [-0.15, -0.1) is 23.2 Å². The minimum absolute atomic E-state index is 0.368. The van der Waals surface area contributed by atoms with E-state index in [0.29, 0.717) is 6.42 Å². The summed E-state index contributed by atoms with van der Waals surface area (Å²) in [6.07, 6.45) is 2.58. The summed E-state index contributed by atoms with van der Waals surface area (Å²) in [5.41, 5.74) is 1.65. The fraction of sp³-hybridized carbons (Fsp3) is 0.188. The summed E-state index contributed by atoms with van der Waals surface area (Å²) in [7, 11) is 0. The average molecular weight is 290 g/mol. The van der Waals surface area contributed by atoms with Crippen molar-refractivity contribution in [1.82, 2.24) is 0 Å². The van der Waals surface area contributed by atoms with Crippen LogP contribution in [0.15, 0.2) is 65.7 Å². The van der Waals surface area contributed by atoms with Crippen LogP contribution in [-0.4, -0.2) is 10.5 Å². The third kappa shape index (κ3) is 2.29. The molecule has 0 saturated heterocycles. The fourth-order valence-electron chi connectivity index (χ4n) is 2.27. The molecule has 0 radical (unpaired) electrons. The zero-order valence-corrected chi connectivity index (χ0v) is 11.8. The molecular weight excluding hydrogens is 277 g/mol. The maximum Gasteiger partial charge on any atom is 0.134 e. The largest absolute Gasteiger partial charge is 0.260 e. The molecule has 1 aliphatic rings. The highest BCUT2D eigenvalue weighted by atomic mass is 35.5. The Balaban J connectivity index is 1.94. The predicted molar refractivity (Wildman–Crippen MR) is 81.8 cm³/mol. The second kappa shape index (κ2) is 4.66. The first-order chi connectivity index (χ1) is 9.14. The predicted octanol–water partition coefficient (Wildman–Crippen LogP) is 4.90. The van der Waals surface area contributed by atoms with Crippen molar-refractivity contribution >= 4 is 35.1 Å². The molecule has 1 unspecified atom stereocenters. The maximum atomic E-state index is 6.34. The Labute approximate surface area is 122 Å². The van der Waals surface area contributed by atoms with E-state index in [2.05, 4.69) is 4.99 Å². The molecule has 0 spiro atoms. The number of nitrogens with zero attached hydrogens (tertiary/aromatic N) is 1. The van der Waals surface area contributed by atoms with Crippen molar-refractivity contribution in [1.29, 1.82) is 0 Å². The lowest BCUT2D eigenvalue weighted by Gasteiger charge is -2.13. The Bertz CT molecular complexity index is 593. The normalized spacial score (nSPS) is 24.5. The molecule has 0 heterocycles. The van der Waals surface area contributed by atoms with Gasteiger partial charge in [0.05, 0.1) is 11.1 Å². The number of halogens is 2. The number of hydrogen-bond donors (Lipinski definition) is 0. The van der Waals surface area contributed by atoms with Gasteiger partial charge in [0.25, 0.3) is 0 Å². The molecule has 3 rings (SSSR count). The molecule has 2 aromatic rings. The first-order valence-corrected chi connectivity index (χ1v) is 6.93. The quantitative estimate of drug-likeness (QED) is 0.563. The monoisotopic (exact) mass is 289 g/mol. The summed E-state index contributed by atoms with van der Waals surface area (Å²) >= 11 is 12.7. The number of aliphatic imine (C=N–C) groups is 1. The molecule has 1 aliphatic carbocycles. The van der Waals surface area contributed by atoms with Crippen LogP contribution in [0.3, 0.4) is 0 Å². The van der Waals surface area contributed by atoms with Gasteiger partial charge >= 0.3 is 0 Å². The molecule has 0 aromatic heterocycles. The molecule has 19 heavy (non-hydrogen) atoms. The summed E-state index contributed by atoms with van der Waals surface area (Å²) in [5, 5.41) is 0. The van der Waals surface area contributed by atoms with E-state index in [0.717, 1.165) is 11.3 Å². The van der Waals surface area contributed by atoms with Crippen molar-refractivity contribution in [3.05, 3.63) is 66.2 Å². The molecule has 0 amide bonds. The molecule has 96 valence electrons. The van der Waals surface area contributed by atoms with Crippen LogP contribution in [0, 0.1) is 0 Å². The topological polar surface area (TPSA) is 12.4 Å². The van der Waals surface area contributed by atoms with Crippen LogP contribution in [0.1, 0.15) is 12.0 Å². The van der Waals surface area contributed by atoms with Gasteiger partial charge in [-0.05, 0) is 24.1 Å². The van der Waals surface area contributed by atoms with Gasteiger partial charge in [-0.3, -0.25) is 4.99 Å². The molecule has 3 heteroatoms. The molecule has 0 aliphatic heterocycles. The van der Waals surface area contributed by atoms with Crippen LogP contribution in [0.25, 0.3) is 0 Å². The molecule has 1 saturated carbocycles. The van der Waals surface area contributed by atoms with Crippen LogP contribution in [-0.2, 0) is 5.41 Å². The van der Waals surface area contributed by atoms with Gasteiger partial charge in [0.1, 0.15) is 4.33 Å². The van der Waals surface area contributed by atoms with Crippen LogP contribution in [0.5, 0.6) is 0 Å². The fourth-order valence-corrected chi connectivity index (χ4v) is 3.01. The summed E-state index contributed by atoms with van der Waals surface area (Å²) < 4.78 is -0.757. The van der Waals surface area contributed by atoms with Crippen molar-refractivity contribution in [2.75, 3.05) is 0 Å². The summed E-state index contributed by atoms with van der Waals surface area (Å²) in [6, 6.07) is 19.9.